The Kier molecular flexibility index (Phi) is 4.15. The van der Waals surface area contributed by atoms with E-state index in [0.29, 0.717) is 6.42 Å². The molecule has 3 N–H and O–H groups in total. The number of hydrogen-bond donors (Lipinski definition) is 3. The van der Waals surface area contributed by atoms with Crippen molar-refractivity contribution in [3.8, 4) is 0 Å². The molecule has 2 fully saturated rings. The monoisotopic (exact) mass is 394 g/mol. The molecule has 2 aliphatic rings. The largest absolute Gasteiger partial charge is 0.480 e. The Bertz CT molecular complexity index is 1140. The lowest BCUT2D eigenvalue weighted by Gasteiger charge is -2.32. The van der Waals surface area contributed by atoms with Crippen LogP contribution in [0, 0.1) is 5.92 Å². The van der Waals surface area contributed by atoms with Crippen molar-refractivity contribution in [2.75, 3.05) is 0 Å². The Labute approximate surface area is 153 Å². The van der Waals surface area contributed by atoms with Gasteiger partial charge in [-0.2, -0.15) is 4.31 Å². The van der Waals surface area contributed by atoms with Gasteiger partial charge in [-0.3, -0.25) is 19.6 Å². The van der Waals surface area contributed by atoms with Crippen LogP contribution in [0.1, 0.15) is 32.1 Å². The molecule has 3 unspecified atom stereocenters. The normalized spacial score (nSPS) is 26.1. The number of nitrogens with zero attached hydrogens (tertiary/aromatic N) is 2. The maximum absolute atomic E-state index is 13.3. The summed E-state index contributed by atoms with van der Waals surface area (Å²) in [6.07, 6.45) is 4.55. The Morgan fingerprint density at radius 2 is 1.96 bits per heavy atom. The Hall–Kier alpha value is -2.53. The van der Waals surface area contributed by atoms with E-state index in [1.54, 1.807) is 0 Å². The third-order valence-corrected chi connectivity index (χ3v) is 7.36. The standard InChI is InChI=1S/C16H18N4O6S/c21-14-10-6-9(7-17-13(10)18-16(24)19-14)27(25,26)20-11-4-2-1-3-8(11)5-12(20)15(22)23/h6-8,11-12H,1-5H2,(H,22,23)(H2,17,18,19,21,24). The van der Waals surface area contributed by atoms with Crippen molar-refractivity contribution in [3.63, 3.8) is 0 Å². The lowest BCUT2D eigenvalue weighted by Crippen LogP contribution is -2.46. The van der Waals surface area contributed by atoms with Crippen molar-refractivity contribution in [2.45, 2.75) is 49.1 Å². The first-order chi connectivity index (χ1) is 12.8. The molecule has 3 atom stereocenters. The van der Waals surface area contributed by atoms with Crippen molar-refractivity contribution in [3.05, 3.63) is 33.1 Å². The molecular formula is C16H18N4O6S. The number of aliphatic carboxylic acids is 1. The topological polar surface area (TPSA) is 153 Å². The number of aromatic nitrogens is 3. The average Bonchev–Trinajstić information content (AvgIpc) is 3.02. The quantitative estimate of drug-likeness (QED) is 0.663. The molecule has 0 radical (unpaired) electrons. The highest BCUT2D eigenvalue weighted by atomic mass is 32.2. The second-order valence-electron chi connectivity index (χ2n) is 7.01. The second kappa shape index (κ2) is 6.27. The maximum Gasteiger partial charge on any atom is 0.327 e. The van der Waals surface area contributed by atoms with Gasteiger partial charge in [0.15, 0.2) is 0 Å². The van der Waals surface area contributed by atoms with E-state index in [-0.39, 0.29) is 34.3 Å². The fraction of sp³-hybridized carbons (Fsp3) is 0.500. The van der Waals surface area contributed by atoms with Crippen LogP contribution < -0.4 is 11.2 Å². The predicted octanol–water partition coefficient (Wildman–Crippen LogP) is 0.0178. The van der Waals surface area contributed by atoms with Crippen molar-refractivity contribution in [2.24, 2.45) is 5.92 Å². The van der Waals surface area contributed by atoms with E-state index in [9.17, 15) is 27.9 Å². The highest BCUT2D eigenvalue weighted by Gasteiger charge is 2.51. The van der Waals surface area contributed by atoms with Crippen LogP contribution in [0.3, 0.4) is 0 Å². The fourth-order valence-electron chi connectivity index (χ4n) is 4.27. The number of carboxylic acid groups (broad SMARTS) is 1. The summed E-state index contributed by atoms with van der Waals surface area (Å²) in [5.41, 5.74) is -1.54. The molecule has 1 saturated heterocycles. The summed E-state index contributed by atoms with van der Waals surface area (Å²) in [7, 11) is -4.18. The smallest absolute Gasteiger partial charge is 0.327 e. The van der Waals surface area contributed by atoms with Gasteiger partial charge in [0.2, 0.25) is 10.0 Å². The molecule has 144 valence electrons. The van der Waals surface area contributed by atoms with Crippen molar-refractivity contribution >= 4 is 27.0 Å². The number of nitrogens with one attached hydrogen (secondary N) is 2. The SMILES string of the molecule is O=C(O)C1CC2CCCCC2N1S(=O)(=O)c1cnc2[nH]c(=O)[nH]c(=O)c2c1. The number of carbonyl (C=O) groups is 1. The molecule has 0 spiro atoms. The van der Waals surface area contributed by atoms with Crippen LogP contribution in [0.5, 0.6) is 0 Å². The lowest BCUT2D eigenvalue weighted by molar-refractivity contribution is -0.141. The van der Waals surface area contributed by atoms with E-state index in [1.165, 1.54) is 0 Å². The number of H-pyrrole nitrogens is 2. The number of sulfonamides is 1. The molecule has 2 aromatic rings. The van der Waals surface area contributed by atoms with Gasteiger partial charge in [-0.15, -0.1) is 0 Å². The minimum absolute atomic E-state index is 0.0165. The first-order valence-electron chi connectivity index (χ1n) is 8.68. The van der Waals surface area contributed by atoms with Gasteiger partial charge in [0, 0.05) is 12.2 Å². The first kappa shape index (κ1) is 17.9. The Balaban J connectivity index is 1.84. The number of hydrogen-bond acceptors (Lipinski definition) is 6. The molecule has 10 nitrogen and oxygen atoms in total. The molecule has 1 aliphatic carbocycles. The second-order valence-corrected chi connectivity index (χ2v) is 8.86. The van der Waals surface area contributed by atoms with Gasteiger partial charge in [0.25, 0.3) is 5.56 Å². The predicted molar refractivity (Wildman–Crippen MR) is 93.8 cm³/mol. The molecule has 1 saturated carbocycles. The van der Waals surface area contributed by atoms with Crippen LogP contribution >= 0.6 is 0 Å². The van der Waals surface area contributed by atoms with Gasteiger partial charge in [-0.05, 0) is 31.2 Å². The van der Waals surface area contributed by atoms with Gasteiger partial charge in [0.05, 0.1) is 5.39 Å². The third kappa shape index (κ3) is 2.86. The molecule has 11 heteroatoms. The number of carboxylic acids is 1. The van der Waals surface area contributed by atoms with E-state index in [4.69, 9.17) is 0 Å². The molecule has 0 amide bonds. The summed E-state index contributed by atoms with van der Waals surface area (Å²) in [5.74, 6) is -1.16. The fourth-order valence-corrected chi connectivity index (χ4v) is 6.11. The van der Waals surface area contributed by atoms with Crippen molar-refractivity contribution in [1.82, 2.24) is 19.3 Å². The van der Waals surface area contributed by atoms with Gasteiger partial charge in [0.1, 0.15) is 16.6 Å². The van der Waals surface area contributed by atoms with Gasteiger partial charge in [-0.25, -0.2) is 18.2 Å². The lowest BCUT2D eigenvalue weighted by atomic mass is 9.85. The van der Waals surface area contributed by atoms with Crippen LogP contribution in [0.2, 0.25) is 0 Å². The van der Waals surface area contributed by atoms with Gasteiger partial charge in [-0.1, -0.05) is 12.8 Å². The number of rotatable bonds is 3. The number of pyridine rings is 1. The highest BCUT2D eigenvalue weighted by molar-refractivity contribution is 7.89. The number of fused-ring (bicyclic) bond motifs is 2. The molecule has 0 bridgehead atoms. The first-order valence-corrected chi connectivity index (χ1v) is 10.1. The zero-order valence-corrected chi connectivity index (χ0v) is 15.0. The van der Waals surface area contributed by atoms with E-state index >= 15 is 0 Å². The van der Waals surface area contributed by atoms with Crippen molar-refractivity contribution < 1.29 is 18.3 Å². The van der Waals surface area contributed by atoms with E-state index in [1.807, 2.05) is 4.98 Å². The molecule has 3 heterocycles. The molecule has 2 aromatic heterocycles. The summed E-state index contributed by atoms with van der Waals surface area (Å²) >= 11 is 0. The average molecular weight is 394 g/mol. The zero-order chi connectivity index (χ0) is 19.3. The van der Waals surface area contributed by atoms with Gasteiger partial charge >= 0.3 is 11.7 Å². The summed E-state index contributed by atoms with van der Waals surface area (Å²) < 4.78 is 27.6. The summed E-state index contributed by atoms with van der Waals surface area (Å²) in [6, 6.07) is -0.372. The Morgan fingerprint density at radius 3 is 2.70 bits per heavy atom. The van der Waals surface area contributed by atoms with E-state index in [0.717, 1.165) is 35.8 Å². The van der Waals surface area contributed by atoms with Crippen LogP contribution in [0.4, 0.5) is 0 Å². The van der Waals surface area contributed by atoms with E-state index in [2.05, 4.69) is 9.97 Å². The minimum atomic E-state index is -4.18. The minimum Gasteiger partial charge on any atom is -0.480 e. The molecule has 27 heavy (non-hydrogen) atoms. The third-order valence-electron chi connectivity index (χ3n) is 5.46. The van der Waals surface area contributed by atoms with Crippen molar-refractivity contribution in [1.29, 1.82) is 0 Å². The summed E-state index contributed by atoms with van der Waals surface area (Å²) in [4.78, 5) is 43.0. The van der Waals surface area contributed by atoms with Crippen LogP contribution in [0.15, 0.2) is 26.7 Å². The van der Waals surface area contributed by atoms with Crippen LogP contribution in [-0.2, 0) is 14.8 Å². The van der Waals surface area contributed by atoms with E-state index < -0.39 is 33.3 Å². The highest BCUT2D eigenvalue weighted by Crippen LogP contribution is 2.42. The maximum atomic E-state index is 13.3. The molecule has 1 aliphatic heterocycles. The van der Waals surface area contributed by atoms with Gasteiger partial charge < -0.3 is 5.11 Å². The molecule has 0 aromatic carbocycles. The van der Waals surface area contributed by atoms with Crippen LogP contribution in [0.25, 0.3) is 11.0 Å². The zero-order valence-electron chi connectivity index (χ0n) is 14.2. The summed E-state index contributed by atoms with van der Waals surface area (Å²) in [6.45, 7) is 0. The number of aromatic amines is 2. The summed E-state index contributed by atoms with van der Waals surface area (Å²) in [5, 5.41) is 9.49. The Morgan fingerprint density at radius 1 is 1.22 bits per heavy atom. The van der Waals surface area contributed by atoms with Crippen LogP contribution in [-0.4, -0.2) is 50.8 Å². The molecular weight excluding hydrogens is 376 g/mol. The molecule has 4 rings (SSSR count).